The van der Waals surface area contributed by atoms with Crippen LogP contribution in [0.4, 0.5) is 0 Å². The quantitative estimate of drug-likeness (QED) is 0.837. The Morgan fingerprint density at radius 2 is 1.68 bits per heavy atom. The number of carbonyl (C=O) groups excluding carboxylic acids is 1. The molecule has 0 unspecified atom stereocenters. The Hall–Kier alpha value is -2.69. The maximum absolute atomic E-state index is 12.4. The maximum atomic E-state index is 12.4. The van der Waals surface area contributed by atoms with Crippen LogP contribution in [-0.4, -0.2) is 27.2 Å². The van der Waals surface area contributed by atoms with E-state index in [0.29, 0.717) is 12.2 Å². The van der Waals surface area contributed by atoms with E-state index in [2.05, 4.69) is 5.32 Å². The molecule has 0 fully saturated rings. The van der Waals surface area contributed by atoms with Crippen molar-refractivity contribution in [2.45, 2.75) is 26.3 Å². The molecule has 0 spiro atoms. The lowest BCUT2D eigenvalue weighted by Crippen LogP contribution is -2.28. The van der Waals surface area contributed by atoms with Crippen LogP contribution in [0.25, 0.3) is 0 Å². The highest BCUT2D eigenvalue weighted by Gasteiger charge is 2.16. The average molecular weight is 343 g/mol. The number of rotatable bonds is 7. The summed E-state index contributed by atoms with van der Waals surface area (Å²) in [5.74, 6) is 2.21. The van der Waals surface area contributed by atoms with Crippen LogP contribution in [0.2, 0.25) is 0 Å². The number of hydrogen-bond donors (Lipinski definition) is 1. The molecule has 1 N–H and O–H groups in total. The number of methoxy groups -OCH3 is 3. The van der Waals surface area contributed by atoms with Gasteiger partial charge in [-0.25, -0.2) is 0 Å². The summed E-state index contributed by atoms with van der Waals surface area (Å²) in [7, 11) is 4.86. The smallest absolute Gasteiger partial charge is 0.224 e. The topological polar surface area (TPSA) is 56.8 Å². The molecule has 2 rings (SSSR count). The van der Waals surface area contributed by atoms with Gasteiger partial charge in [0.1, 0.15) is 17.2 Å². The normalized spacial score (nSPS) is 11.6. The number of amides is 1. The van der Waals surface area contributed by atoms with Crippen LogP contribution >= 0.6 is 0 Å². The molecule has 1 amide bonds. The molecule has 134 valence electrons. The number of hydrogen-bond acceptors (Lipinski definition) is 4. The van der Waals surface area contributed by atoms with Crippen molar-refractivity contribution in [3.05, 3.63) is 53.1 Å². The van der Waals surface area contributed by atoms with Gasteiger partial charge in [0.2, 0.25) is 5.91 Å². The monoisotopic (exact) mass is 343 g/mol. The fourth-order valence-corrected chi connectivity index (χ4v) is 2.78. The van der Waals surface area contributed by atoms with Crippen LogP contribution in [-0.2, 0) is 11.2 Å². The third-order valence-corrected chi connectivity index (χ3v) is 4.10. The molecule has 0 aliphatic heterocycles. The van der Waals surface area contributed by atoms with Crippen LogP contribution in [0.3, 0.4) is 0 Å². The molecule has 1 atom stereocenters. The van der Waals surface area contributed by atoms with E-state index in [1.165, 1.54) is 0 Å². The molecule has 0 aliphatic rings. The summed E-state index contributed by atoms with van der Waals surface area (Å²) in [5.41, 5.74) is 2.83. The Morgan fingerprint density at radius 3 is 2.28 bits per heavy atom. The van der Waals surface area contributed by atoms with Crippen molar-refractivity contribution in [1.82, 2.24) is 5.32 Å². The fourth-order valence-electron chi connectivity index (χ4n) is 2.78. The van der Waals surface area contributed by atoms with Crippen molar-refractivity contribution in [3.8, 4) is 17.2 Å². The SMILES string of the molecule is COc1ccc(OC)c([C@H](C)NC(=O)Cc2ccc(OC)c(C)c2)c1. The molecule has 0 saturated heterocycles. The minimum Gasteiger partial charge on any atom is -0.497 e. The van der Waals surface area contributed by atoms with Gasteiger partial charge in [-0.05, 0) is 49.2 Å². The van der Waals surface area contributed by atoms with E-state index < -0.39 is 0 Å². The minimum atomic E-state index is -0.197. The van der Waals surface area contributed by atoms with Crippen LogP contribution in [0.1, 0.15) is 29.7 Å². The summed E-state index contributed by atoms with van der Waals surface area (Å²) in [6.45, 7) is 3.89. The minimum absolute atomic E-state index is 0.0538. The highest BCUT2D eigenvalue weighted by molar-refractivity contribution is 5.79. The Bertz CT molecular complexity index is 742. The van der Waals surface area contributed by atoms with Gasteiger partial charge in [-0.1, -0.05) is 12.1 Å². The zero-order valence-electron chi connectivity index (χ0n) is 15.4. The van der Waals surface area contributed by atoms with Gasteiger partial charge in [0.25, 0.3) is 0 Å². The second-order valence-corrected chi connectivity index (χ2v) is 5.88. The van der Waals surface area contributed by atoms with E-state index in [0.717, 1.165) is 28.2 Å². The molecule has 2 aromatic carbocycles. The van der Waals surface area contributed by atoms with E-state index in [-0.39, 0.29) is 11.9 Å². The number of nitrogens with one attached hydrogen (secondary N) is 1. The van der Waals surface area contributed by atoms with Gasteiger partial charge >= 0.3 is 0 Å². The van der Waals surface area contributed by atoms with Crippen LogP contribution in [0, 0.1) is 6.92 Å². The molecule has 0 aliphatic carbocycles. The molecular weight excluding hydrogens is 318 g/mol. The lowest BCUT2D eigenvalue weighted by molar-refractivity contribution is -0.121. The first-order chi connectivity index (χ1) is 12.0. The Balaban J connectivity index is 2.08. The highest BCUT2D eigenvalue weighted by Crippen LogP contribution is 2.29. The van der Waals surface area contributed by atoms with E-state index in [1.807, 2.05) is 50.2 Å². The molecule has 0 aromatic heterocycles. The number of aryl methyl sites for hydroxylation is 1. The van der Waals surface area contributed by atoms with E-state index in [9.17, 15) is 4.79 Å². The van der Waals surface area contributed by atoms with Gasteiger partial charge in [0.05, 0.1) is 33.8 Å². The van der Waals surface area contributed by atoms with Crippen LogP contribution in [0.15, 0.2) is 36.4 Å². The number of benzene rings is 2. The molecule has 0 heterocycles. The maximum Gasteiger partial charge on any atom is 0.224 e. The van der Waals surface area contributed by atoms with Crippen molar-refractivity contribution in [3.63, 3.8) is 0 Å². The van der Waals surface area contributed by atoms with Crippen molar-refractivity contribution in [2.75, 3.05) is 21.3 Å². The first-order valence-electron chi connectivity index (χ1n) is 8.13. The lowest BCUT2D eigenvalue weighted by atomic mass is 10.0. The molecule has 5 nitrogen and oxygen atoms in total. The Kier molecular flexibility index (Phi) is 6.28. The molecule has 5 heteroatoms. The summed E-state index contributed by atoms with van der Waals surface area (Å²) < 4.78 is 15.9. The van der Waals surface area contributed by atoms with E-state index in [4.69, 9.17) is 14.2 Å². The Labute approximate surface area is 148 Å². The first kappa shape index (κ1) is 18.6. The van der Waals surface area contributed by atoms with Crippen LogP contribution in [0.5, 0.6) is 17.2 Å². The summed E-state index contributed by atoms with van der Waals surface area (Å²) in [6, 6.07) is 11.1. The average Bonchev–Trinajstić information content (AvgIpc) is 2.61. The van der Waals surface area contributed by atoms with Gasteiger partial charge in [-0.2, -0.15) is 0 Å². The third-order valence-electron chi connectivity index (χ3n) is 4.10. The van der Waals surface area contributed by atoms with Crippen molar-refractivity contribution in [2.24, 2.45) is 0 Å². The van der Waals surface area contributed by atoms with Gasteiger partial charge in [0.15, 0.2) is 0 Å². The van der Waals surface area contributed by atoms with E-state index >= 15 is 0 Å². The van der Waals surface area contributed by atoms with Crippen LogP contribution < -0.4 is 19.5 Å². The predicted octanol–water partition coefficient (Wildman–Crippen LogP) is 3.44. The predicted molar refractivity (Wildman–Crippen MR) is 97.5 cm³/mol. The molecule has 0 saturated carbocycles. The summed E-state index contributed by atoms with van der Waals surface area (Å²) in [4.78, 5) is 12.4. The second kappa shape index (κ2) is 8.42. The van der Waals surface area contributed by atoms with Crippen molar-refractivity contribution >= 4 is 5.91 Å². The Morgan fingerprint density at radius 1 is 1.00 bits per heavy atom. The molecule has 0 radical (unpaired) electrons. The number of ether oxygens (including phenoxy) is 3. The zero-order valence-corrected chi connectivity index (χ0v) is 15.4. The van der Waals surface area contributed by atoms with E-state index in [1.54, 1.807) is 21.3 Å². The molecular formula is C20H25NO4. The highest BCUT2D eigenvalue weighted by atomic mass is 16.5. The molecule has 25 heavy (non-hydrogen) atoms. The van der Waals surface area contributed by atoms with Gasteiger partial charge in [-0.3, -0.25) is 4.79 Å². The molecule has 2 aromatic rings. The summed E-state index contributed by atoms with van der Waals surface area (Å²) >= 11 is 0. The zero-order chi connectivity index (χ0) is 18.4. The standard InChI is InChI=1S/C20H25NO4/c1-13-10-15(6-8-18(13)24-4)11-20(22)21-14(2)17-12-16(23-3)7-9-19(17)25-5/h6-10,12,14H,11H2,1-5H3,(H,21,22)/t14-/m0/s1. The van der Waals surface area contributed by atoms with Gasteiger partial charge < -0.3 is 19.5 Å². The largest absolute Gasteiger partial charge is 0.497 e. The molecule has 0 bridgehead atoms. The lowest BCUT2D eigenvalue weighted by Gasteiger charge is -2.18. The fraction of sp³-hybridized carbons (Fsp3) is 0.350. The second-order valence-electron chi connectivity index (χ2n) is 5.88. The summed E-state index contributed by atoms with van der Waals surface area (Å²) in [6.07, 6.45) is 0.307. The van der Waals surface area contributed by atoms with Crippen molar-refractivity contribution in [1.29, 1.82) is 0 Å². The van der Waals surface area contributed by atoms with Crippen molar-refractivity contribution < 1.29 is 19.0 Å². The third kappa shape index (κ3) is 4.66. The first-order valence-corrected chi connectivity index (χ1v) is 8.13. The van der Waals surface area contributed by atoms with Gasteiger partial charge in [0, 0.05) is 5.56 Å². The summed E-state index contributed by atoms with van der Waals surface area (Å²) in [5, 5.41) is 3.01. The number of carbonyl (C=O) groups is 1. The van der Waals surface area contributed by atoms with Gasteiger partial charge in [-0.15, -0.1) is 0 Å².